The van der Waals surface area contributed by atoms with Crippen LogP contribution in [-0.4, -0.2) is 42.0 Å². The van der Waals surface area contributed by atoms with Crippen LogP contribution in [0.2, 0.25) is 0 Å². The average molecular weight is 300 g/mol. The molecule has 8 heteroatoms. The molecule has 2 heterocycles. The van der Waals surface area contributed by atoms with E-state index in [1.54, 1.807) is 12.1 Å². The van der Waals surface area contributed by atoms with Crippen LogP contribution in [0.15, 0.2) is 23.4 Å². The van der Waals surface area contributed by atoms with Crippen molar-refractivity contribution < 1.29 is 13.5 Å². The number of hydrogen-bond donors (Lipinski definition) is 3. The lowest BCUT2D eigenvalue weighted by atomic mass is 10.1. The van der Waals surface area contributed by atoms with Gasteiger partial charge in [-0.05, 0) is 25.0 Å². The highest BCUT2D eigenvalue weighted by Crippen LogP contribution is 2.27. The van der Waals surface area contributed by atoms with Gasteiger partial charge in [-0.25, -0.2) is 13.4 Å². The van der Waals surface area contributed by atoms with E-state index in [-0.39, 0.29) is 17.3 Å². The maximum Gasteiger partial charge on any atom is 0.263 e. The highest BCUT2D eigenvalue weighted by molar-refractivity contribution is 7.89. The number of anilines is 1. The van der Waals surface area contributed by atoms with Crippen LogP contribution >= 0.6 is 0 Å². The molecule has 4 N–H and O–H groups in total. The number of sulfonamides is 1. The SMILES string of the molecule is NNc1cccnc1S(=O)(=O)N1CCCCCC1CO. The Kier molecular flexibility index (Phi) is 4.92. The van der Waals surface area contributed by atoms with Gasteiger partial charge >= 0.3 is 0 Å². The van der Waals surface area contributed by atoms with E-state index in [0.717, 1.165) is 19.3 Å². The fourth-order valence-electron chi connectivity index (χ4n) is 2.47. The van der Waals surface area contributed by atoms with E-state index >= 15 is 0 Å². The van der Waals surface area contributed by atoms with Crippen molar-refractivity contribution >= 4 is 15.7 Å². The minimum absolute atomic E-state index is 0.0946. The molecular weight excluding hydrogens is 280 g/mol. The quantitative estimate of drug-likeness (QED) is 0.545. The molecule has 2 rings (SSSR count). The van der Waals surface area contributed by atoms with E-state index < -0.39 is 16.1 Å². The summed E-state index contributed by atoms with van der Waals surface area (Å²) >= 11 is 0. The first kappa shape index (κ1) is 15.2. The summed E-state index contributed by atoms with van der Waals surface area (Å²) in [6.07, 6.45) is 4.75. The Morgan fingerprint density at radius 3 is 2.95 bits per heavy atom. The Morgan fingerprint density at radius 2 is 2.25 bits per heavy atom. The summed E-state index contributed by atoms with van der Waals surface area (Å²) in [7, 11) is -3.77. The summed E-state index contributed by atoms with van der Waals surface area (Å²) in [4.78, 5) is 3.94. The molecular formula is C12H20N4O3S. The van der Waals surface area contributed by atoms with E-state index in [1.807, 2.05) is 0 Å². The number of hydrazine groups is 1. The van der Waals surface area contributed by atoms with Gasteiger partial charge in [0.25, 0.3) is 10.0 Å². The van der Waals surface area contributed by atoms with Crippen molar-refractivity contribution in [2.24, 2.45) is 5.84 Å². The molecule has 0 aliphatic carbocycles. The second-order valence-corrected chi connectivity index (χ2v) is 6.61. The van der Waals surface area contributed by atoms with Gasteiger partial charge in [0, 0.05) is 18.8 Å². The molecule has 1 atom stereocenters. The van der Waals surface area contributed by atoms with Gasteiger partial charge in [0.2, 0.25) is 0 Å². The maximum atomic E-state index is 12.7. The van der Waals surface area contributed by atoms with Crippen molar-refractivity contribution in [3.05, 3.63) is 18.3 Å². The largest absolute Gasteiger partial charge is 0.395 e. The Morgan fingerprint density at radius 1 is 1.45 bits per heavy atom. The first-order valence-corrected chi connectivity index (χ1v) is 8.09. The third kappa shape index (κ3) is 2.93. The summed E-state index contributed by atoms with van der Waals surface area (Å²) in [5.74, 6) is 5.35. The molecule has 112 valence electrons. The van der Waals surface area contributed by atoms with Crippen LogP contribution in [0.4, 0.5) is 5.69 Å². The van der Waals surface area contributed by atoms with Gasteiger partial charge in [-0.3, -0.25) is 5.84 Å². The summed E-state index contributed by atoms with van der Waals surface area (Å²) in [6, 6.07) is 2.78. The smallest absolute Gasteiger partial charge is 0.263 e. The summed E-state index contributed by atoms with van der Waals surface area (Å²) < 4.78 is 26.8. The van der Waals surface area contributed by atoms with Gasteiger partial charge in [0.1, 0.15) is 0 Å². The van der Waals surface area contributed by atoms with E-state index in [9.17, 15) is 13.5 Å². The minimum Gasteiger partial charge on any atom is -0.395 e. The Hall–Kier alpha value is -1.22. The topological polar surface area (TPSA) is 109 Å². The molecule has 7 nitrogen and oxygen atoms in total. The number of hydrogen-bond acceptors (Lipinski definition) is 6. The molecule has 0 radical (unpaired) electrons. The van der Waals surface area contributed by atoms with Crippen LogP contribution in [0.5, 0.6) is 0 Å². The minimum atomic E-state index is -3.77. The molecule has 20 heavy (non-hydrogen) atoms. The highest BCUT2D eigenvalue weighted by Gasteiger charge is 2.34. The number of aliphatic hydroxyl groups excluding tert-OH is 1. The normalized spacial score (nSPS) is 21.4. The number of aliphatic hydroxyl groups is 1. The highest BCUT2D eigenvalue weighted by atomic mass is 32.2. The molecule has 0 bridgehead atoms. The lowest BCUT2D eigenvalue weighted by molar-refractivity contribution is 0.186. The zero-order valence-corrected chi connectivity index (χ0v) is 12.0. The zero-order valence-electron chi connectivity index (χ0n) is 11.2. The molecule has 1 aromatic heterocycles. The van der Waals surface area contributed by atoms with Gasteiger partial charge < -0.3 is 10.5 Å². The van der Waals surface area contributed by atoms with Crippen molar-refractivity contribution in [1.82, 2.24) is 9.29 Å². The van der Waals surface area contributed by atoms with Crippen LogP contribution in [0.25, 0.3) is 0 Å². The summed E-state index contributed by atoms with van der Waals surface area (Å²) in [5, 5.41) is 9.36. The third-order valence-electron chi connectivity index (χ3n) is 3.51. The summed E-state index contributed by atoms with van der Waals surface area (Å²) in [5.41, 5.74) is 2.62. The maximum absolute atomic E-state index is 12.7. The second-order valence-electron chi connectivity index (χ2n) is 4.80. The van der Waals surface area contributed by atoms with Crippen molar-refractivity contribution in [1.29, 1.82) is 0 Å². The predicted molar refractivity (Wildman–Crippen MR) is 75.3 cm³/mol. The third-order valence-corrected chi connectivity index (χ3v) is 5.43. The van der Waals surface area contributed by atoms with Crippen LogP contribution in [-0.2, 0) is 10.0 Å². The number of rotatable bonds is 4. The van der Waals surface area contributed by atoms with Gasteiger partial charge in [0.15, 0.2) is 5.03 Å². The number of nitrogens with two attached hydrogens (primary N) is 1. The van der Waals surface area contributed by atoms with Crippen molar-refractivity contribution in [2.75, 3.05) is 18.6 Å². The number of pyridine rings is 1. The first-order valence-electron chi connectivity index (χ1n) is 6.65. The molecule has 0 aromatic carbocycles. The molecule has 0 amide bonds. The lowest BCUT2D eigenvalue weighted by Crippen LogP contribution is -2.42. The summed E-state index contributed by atoms with van der Waals surface area (Å²) in [6.45, 7) is 0.214. The standard InChI is InChI=1S/C12H20N4O3S/c13-15-11-6-4-7-14-12(11)20(18,19)16-8-3-1-2-5-10(16)9-17/h4,6-7,10,15,17H,1-3,5,8-9,13H2. The van der Waals surface area contributed by atoms with Crippen LogP contribution < -0.4 is 11.3 Å². The van der Waals surface area contributed by atoms with Crippen molar-refractivity contribution in [3.8, 4) is 0 Å². The first-order chi connectivity index (χ1) is 9.61. The van der Waals surface area contributed by atoms with E-state index in [1.165, 1.54) is 10.5 Å². The van der Waals surface area contributed by atoms with Crippen LogP contribution in [0.1, 0.15) is 25.7 Å². The molecule has 0 spiro atoms. The van der Waals surface area contributed by atoms with Crippen molar-refractivity contribution in [2.45, 2.75) is 36.8 Å². The van der Waals surface area contributed by atoms with Gasteiger partial charge in [-0.2, -0.15) is 4.31 Å². The van der Waals surface area contributed by atoms with E-state index in [2.05, 4.69) is 10.4 Å². The van der Waals surface area contributed by atoms with E-state index in [4.69, 9.17) is 5.84 Å². The lowest BCUT2D eigenvalue weighted by Gasteiger charge is -2.27. The Labute approximate surface area is 118 Å². The molecule has 1 aliphatic heterocycles. The number of nitrogens with zero attached hydrogens (tertiary/aromatic N) is 2. The van der Waals surface area contributed by atoms with Gasteiger partial charge in [-0.15, -0.1) is 0 Å². The number of aromatic nitrogens is 1. The van der Waals surface area contributed by atoms with Crippen LogP contribution in [0.3, 0.4) is 0 Å². The molecule has 1 aromatic rings. The van der Waals surface area contributed by atoms with E-state index in [0.29, 0.717) is 13.0 Å². The van der Waals surface area contributed by atoms with Gasteiger partial charge in [0.05, 0.1) is 12.3 Å². The molecule has 1 aliphatic rings. The fraction of sp³-hybridized carbons (Fsp3) is 0.583. The Bertz CT molecular complexity index is 549. The number of nitrogen functional groups attached to an aromatic ring is 1. The monoisotopic (exact) mass is 300 g/mol. The molecule has 1 saturated heterocycles. The zero-order chi connectivity index (χ0) is 14.6. The Balaban J connectivity index is 2.41. The molecule has 1 unspecified atom stereocenters. The van der Waals surface area contributed by atoms with Crippen LogP contribution in [0, 0.1) is 0 Å². The fourth-order valence-corrected chi connectivity index (χ4v) is 4.22. The predicted octanol–water partition coefficient (Wildman–Crippen LogP) is 0.293. The number of nitrogens with one attached hydrogen (secondary N) is 1. The molecule has 0 saturated carbocycles. The molecule has 1 fully saturated rings. The second kappa shape index (κ2) is 6.49. The average Bonchev–Trinajstić information content (AvgIpc) is 2.72. The van der Waals surface area contributed by atoms with Crippen molar-refractivity contribution in [3.63, 3.8) is 0 Å². The van der Waals surface area contributed by atoms with Gasteiger partial charge in [-0.1, -0.05) is 12.8 Å².